The van der Waals surface area contributed by atoms with Crippen LogP contribution in [0.25, 0.3) is 10.6 Å². The molecule has 0 radical (unpaired) electrons. The predicted molar refractivity (Wildman–Crippen MR) is 112 cm³/mol. The van der Waals surface area contributed by atoms with E-state index in [9.17, 15) is 4.79 Å². The predicted octanol–water partition coefficient (Wildman–Crippen LogP) is 4.57. The Hall–Kier alpha value is -3.06. The van der Waals surface area contributed by atoms with Crippen molar-refractivity contribution in [1.82, 2.24) is 4.98 Å². The number of methoxy groups -OCH3 is 2. The van der Waals surface area contributed by atoms with Crippen molar-refractivity contribution in [3.8, 4) is 27.8 Å². The first-order chi connectivity index (χ1) is 14.0. The number of carbonyl (C=O) groups is 1. The van der Waals surface area contributed by atoms with Gasteiger partial charge in [0.25, 0.3) is 0 Å². The van der Waals surface area contributed by atoms with Gasteiger partial charge in [-0.05, 0) is 49.2 Å². The van der Waals surface area contributed by atoms with E-state index in [0.29, 0.717) is 22.9 Å². The zero-order valence-corrected chi connectivity index (χ0v) is 17.7. The van der Waals surface area contributed by atoms with Gasteiger partial charge in [0.1, 0.15) is 17.4 Å². The summed E-state index contributed by atoms with van der Waals surface area (Å²) in [4.78, 5) is 16.6. The van der Waals surface area contributed by atoms with Gasteiger partial charge in [0.05, 0.1) is 25.5 Å². The highest BCUT2D eigenvalue weighted by Gasteiger charge is 2.15. The molecule has 0 saturated heterocycles. The molecule has 0 fully saturated rings. The Bertz CT molecular complexity index is 978. The number of hydrogen-bond donors (Lipinski definition) is 0. The van der Waals surface area contributed by atoms with Gasteiger partial charge in [-0.1, -0.05) is 12.1 Å². The van der Waals surface area contributed by atoms with Crippen molar-refractivity contribution in [1.29, 1.82) is 0 Å². The van der Waals surface area contributed by atoms with E-state index in [1.807, 2.05) is 55.6 Å². The summed E-state index contributed by atoms with van der Waals surface area (Å²) >= 11 is 1.45. The SMILES string of the molecule is COc1cccc(-c2nc(COC(=O)COc3cc(C)cc(C)c3)cs2)c1OC. The van der Waals surface area contributed by atoms with Gasteiger partial charge >= 0.3 is 5.97 Å². The van der Waals surface area contributed by atoms with Crippen molar-refractivity contribution in [2.75, 3.05) is 20.8 Å². The minimum absolute atomic E-state index is 0.0812. The van der Waals surface area contributed by atoms with Crippen molar-refractivity contribution in [2.24, 2.45) is 0 Å². The summed E-state index contributed by atoms with van der Waals surface area (Å²) in [5.74, 6) is 1.46. The van der Waals surface area contributed by atoms with Gasteiger partial charge in [-0.15, -0.1) is 11.3 Å². The van der Waals surface area contributed by atoms with Crippen LogP contribution in [0, 0.1) is 13.8 Å². The van der Waals surface area contributed by atoms with E-state index in [0.717, 1.165) is 21.7 Å². The molecule has 6 nitrogen and oxygen atoms in total. The highest BCUT2D eigenvalue weighted by molar-refractivity contribution is 7.13. The van der Waals surface area contributed by atoms with Crippen LogP contribution in [0.2, 0.25) is 0 Å². The molecular weight excluding hydrogens is 390 g/mol. The Balaban J connectivity index is 1.59. The summed E-state index contributed by atoms with van der Waals surface area (Å²) in [6.45, 7) is 3.89. The van der Waals surface area contributed by atoms with Crippen molar-refractivity contribution in [2.45, 2.75) is 20.5 Å². The fraction of sp³-hybridized carbons (Fsp3) is 0.273. The summed E-state index contributed by atoms with van der Waals surface area (Å²) in [5.41, 5.74) is 3.65. The van der Waals surface area contributed by atoms with E-state index in [1.165, 1.54) is 11.3 Å². The maximum atomic E-state index is 12.0. The second kappa shape index (κ2) is 9.43. The molecular formula is C22H23NO5S. The molecule has 0 saturated carbocycles. The van der Waals surface area contributed by atoms with Crippen molar-refractivity contribution in [3.05, 3.63) is 58.6 Å². The van der Waals surface area contributed by atoms with Crippen LogP contribution in [-0.2, 0) is 16.1 Å². The normalized spacial score (nSPS) is 10.5. The average molecular weight is 413 g/mol. The molecule has 3 rings (SSSR count). The molecule has 0 aliphatic heterocycles. The summed E-state index contributed by atoms with van der Waals surface area (Å²) in [7, 11) is 3.18. The smallest absolute Gasteiger partial charge is 0.344 e. The number of aromatic nitrogens is 1. The number of ether oxygens (including phenoxy) is 4. The molecule has 0 atom stereocenters. The van der Waals surface area contributed by atoms with Gasteiger partial charge < -0.3 is 18.9 Å². The van der Waals surface area contributed by atoms with Gasteiger partial charge in [-0.2, -0.15) is 0 Å². The van der Waals surface area contributed by atoms with Gasteiger partial charge in [0.2, 0.25) is 0 Å². The molecule has 7 heteroatoms. The molecule has 0 spiro atoms. The number of carbonyl (C=O) groups excluding carboxylic acids is 1. The number of esters is 1. The number of nitrogens with zero attached hydrogens (tertiary/aromatic N) is 1. The maximum absolute atomic E-state index is 12.0. The molecule has 0 aliphatic carbocycles. The summed E-state index contributed by atoms with van der Waals surface area (Å²) in [6, 6.07) is 11.4. The van der Waals surface area contributed by atoms with E-state index >= 15 is 0 Å². The third-order valence-corrected chi connectivity index (χ3v) is 5.04. The molecule has 152 valence electrons. The van der Waals surface area contributed by atoms with Gasteiger partial charge in [-0.3, -0.25) is 0 Å². The molecule has 3 aromatic rings. The molecule has 0 aliphatic rings. The van der Waals surface area contributed by atoms with Crippen LogP contribution in [0.1, 0.15) is 16.8 Å². The fourth-order valence-corrected chi connectivity index (χ4v) is 3.73. The van der Waals surface area contributed by atoms with Crippen LogP contribution in [-0.4, -0.2) is 31.8 Å². The van der Waals surface area contributed by atoms with Crippen molar-refractivity contribution in [3.63, 3.8) is 0 Å². The standard InChI is InChI=1S/C22H23NO5S/c1-14-8-15(2)10-17(9-14)27-12-20(24)28-11-16-13-29-22(23-16)18-6-5-7-19(25-3)21(18)26-4/h5-10,13H,11-12H2,1-4H3. The van der Waals surface area contributed by atoms with E-state index in [4.69, 9.17) is 18.9 Å². The molecule has 1 aromatic heterocycles. The average Bonchev–Trinajstić information content (AvgIpc) is 3.18. The number of benzene rings is 2. The Morgan fingerprint density at radius 1 is 1.07 bits per heavy atom. The molecule has 1 heterocycles. The monoisotopic (exact) mass is 413 g/mol. The molecule has 2 aromatic carbocycles. The Kier molecular flexibility index (Phi) is 6.72. The number of rotatable bonds is 8. The highest BCUT2D eigenvalue weighted by Crippen LogP contribution is 2.39. The van der Waals surface area contributed by atoms with Crippen molar-refractivity contribution < 1.29 is 23.7 Å². The Labute approximate surface area is 174 Å². The van der Waals surface area contributed by atoms with Crippen LogP contribution in [0.5, 0.6) is 17.2 Å². The Morgan fingerprint density at radius 2 is 1.83 bits per heavy atom. The van der Waals surface area contributed by atoms with Gasteiger partial charge in [-0.25, -0.2) is 9.78 Å². The highest BCUT2D eigenvalue weighted by atomic mass is 32.1. The first kappa shape index (κ1) is 20.7. The zero-order valence-electron chi connectivity index (χ0n) is 16.9. The summed E-state index contributed by atoms with van der Waals surface area (Å²) in [6.07, 6.45) is 0. The lowest BCUT2D eigenvalue weighted by atomic mass is 10.1. The van der Waals surface area contributed by atoms with Crippen LogP contribution in [0.3, 0.4) is 0 Å². The van der Waals surface area contributed by atoms with E-state index in [-0.39, 0.29) is 13.2 Å². The minimum atomic E-state index is -0.447. The second-order valence-electron chi connectivity index (χ2n) is 6.46. The maximum Gasteiger partial charge on any atom is 0.344 e. The van der Waals surface area contributed by atoms with Crippen LogP contribution in [0.15, 0.2) is 41.8 Å². The van der Waals surface area contributed by atoms with E-state index in [2.05, 4.69) is 4.98 Å². The van der Waals surface area contributed by atoms with E-state index < -0.39 is 5.97 Å². The topological polar surface area (TPSA) is 66.9 Å². The number of thiazole rings is 1. The molecule has 0 unspecified atom stereocenters. The fourth-order valence-electron chi connectivity index (χ4n) is 2.91. The molecule has 0 bridgehead atoms. The number of aryl methyl sites for hydroxylation is 2. The number of para-hydroxylation sites is 1. The molecule has 0 amide bonds. The number of hydrogen-bond acceptors (Lipinski definition) is 7. The van der Waals surface area contributed by atoms with Gasteiger partial charge in [0, 0.05) is 5.38 Å². The Morgan fingerprint density at radius 3 is 2.52 bits per heavy atom. The van der Waals surface area contributed by atoms with Crippen LogP contribution in [0.4, 0.5) is 0 Å². The zero-order chi connectivity index (χ0) is 20.8. The van der Waals surface area contributed by atoms with E-state index in [1.54, 1.807) is 14.2 Å². The third-order valence-electron chi connectivity index (χ3n) is 4.12. The lowest BCUT2D eigenvalue weighted by Gasteiger charge is -2.10. The van der Waals surface area contributed by atoms with Crippen molar-refractivity contribution >= 4 is 17.3 Å². The lowest BCUT2D eigenvalue weighted by molar-refractivity contribution is -0.147. The second-order valence-corrected chi connectivity index (χ2v) is 7.32. The molecule has 0 N–H and O–H groups in total. The van der Waals surface area contributed by atoms with Crippen LogP contribution >= 0.6 is 11.3 Å². The minimum Gasteiger partial charge on any atom is -0.493 e. The summed E-state index contributed by atoms with van der Waals surface area (Å²) in [5, 5.41) is 2.62. The first-order valence-corrected chi connectivity index (χ1v) is 9.90. The quantitative estimate of drug-likeness (QED) is 0.504. The lowest BCUT2D eigenvalue weighted by Crippen LogP contribution is -2.15. The molecule has 29 heavy (non-hydrogen) atoms. The third kappa shape index (κ3) is 5.26. The largest absolute Gasteiger partial charge is 0.493 e. The van der Waals surface area contributed by atoms with Gasteiger partial charge in [0.15, 0.2) is 18.1 Å². The van der Waals surface area contributed by atoms with Crippen LogP contribution < -0.4 is 14.2 Å². The first-order valence-electron chi connectivity index (χ1n) is 9.02. The summed E-state index contributed by atoms with van der Waals surface area (Å²) < 4.78 is 21.6.